The van der Waals surface area contributed by atoms with Gasteiger partial charge in [-0.2, -0.15) is 0 Å². The maximum Gasteiger partial charge on any atom is 0.374 e. The summed E-state index contributed by atoms with van der Waals surface area (Å²) < 4.78 is 10.0. The second kappa shape index (κ2) is 5.03. The third kappa shape index (κ3) is 2.67. The number of carbonyl (C=O) groups is 2. The standard InChI is InChI=1S/C12H15NO4/c1-2-13-7-9(6-11(13)14)8-17-12(15)10-4-3-5-16-10/h3-5,9H,2,6-8H2,1H3. The molecule has 1 atom stereocenters. The van der Waals surface area contributed by atoms with Gasteiger partial charge in [0.1, 0.15) is 0 Å². The highest BCUT2D eigenvalue weighted by molar-refractivity contribution is 5.86. The molecule has 1 aromatic heterocycles. The molecular weight excluding hydrogens is 222 g/mol. The van der Waals surface area contributed by atoms with Gasteiger partial charge in [0, 0.05) is 25.4 Å². The van der Waals surface area contributed by atoms with Crippen molar-refractivity contribution >= 4 is 11.9 Å². The summed E-state index contributed by atoms with van der Waals surface area (Å²) in [6.45, 7) is 3.58. The Morgan fingerprint density at radius 1 is 1.65 bits per heavy atom. The number of hydrogen-bond acceptors (Lipinski definition) is 4. The van der Waals surface area contributed by atoms with Crippen molar-refractivity contribution in [3.63, 3.8) is 0 Å². The number of amides is 1. The van der Waals surface area contributed by atoms with Crippen molar-refractivity contribution in [1.29, 1.82) is 0 Å². The molecule has 1 aliphatic rings. The fourth-order valence-corrected chi connectivity index (χ4v) is 1.93. The first kappa shape index (κ1) is 11.7. The molecule has 1 aromatic rings. The Labute approximate surface area is 99.3 Å². The first-order chi connectivity index (χ1) is 8.20. The highest BCUT2D eigenvalue weighted by Crippen LogP contribution is 2.18. The molecule has 0 aromatic carbocycles. The Morgan fingerprint density at radius 2 is 2.47 bits per heavy atom. The summed E-state index contributed by atoms with van der Waals surface area (Å²) in [4.78, 5) is 24.7. The van der Waals surface area contributed by atoms with E-state index in [1.165, 1.54) is 6.26 Å². The molecule has 1 aliphatic heterocycles. The van der Waals surface area contributed by atoms with Crippen LogP contribution < -0.4 is 0 Å². The van der Waals surface area contributed by atoms with E-state index in [-0.39, 0.29) is 24.2 Å². The number of esters is 1. The summed E-state index contributed by atoms with van der Waals surface area (Å²) in [5, 5.41) is 0. The number of hydrogen-bond donors (Lipinski definition) is 0. The van der Waals surface area contributed by atoms with Crippen LogP contribution in [0, 0.1) is 5.92 Å². The molecule has 92 valence electrons. The summed E-state index contributed by atoms with van der Waals surface area (Å²) in [6, 6.07) is 3.19. The van der Waals surface area contributed by atoms with E-state index in [9.17, 15) is 9.59 Å². The number of furan rings is 1. The van der Waals surface area contributed by atoms with E-state index in [1.54, 1.807) is 17.0 Å². The highest BCUT2D eigenvalue weighted by atomic mass is 16.5. The zero-order valence-corrected chi connectivity index (χ0v) is 9.72. The van der Waals surface area contributed by atoms with E-state index in [4.69, 9.17) is 9.15 Å². The fraction of sp³-hybridized carbons (Fsp3) is 0.500. The maximum atomic E-state index is 11.5. The van der Waals surface area contributed by atoms with E-state index in [1.807, 2.05) is 6.92 Å². The van der Waals surface area contributed by atoms with Gasteiger partial charge in [-0.25, -0.2) is 4.79 Å². The molecule has 2 rings (SSSR count). The minimum absolute atomic E-state index is 0.0985. The third-order valence-electron chi connectivity index (χ3n) is 2.85. The molecule has 0 saturated carbocycles. The zero-order valence-electron chi connectivity index (χ0n) is 9.72. The molecule has 1 amide bonds. The Hall–Kier alpha value is -1.78. The average Bonchev–Trinajstić information content (AvgIpc) is 2.95. The minimum Gasteiger partial charge on any atom is -0.459 e. The Kier molecular flexibility index (Phi) is 3.46. The molecule has 0 spiro atoms. The molecule has 0 aliphatic carbocycles. The lowest BCUT2D eigenvalue weighted by Gasteiger charge is -2.13. The van der Waals surface area contributed by atoms with Gasteiger partial charge in [-0.15, -0.1) is 0 Å². The molecule has 17 heavy (non-hydrogen) atoms. The van der Waals surface area contributed by atoms with Crippen molar-refractivity contribution in [2.45, 2.75) is 13.3 Å². The molecule has 2 heterocycles. The van der Waals surface area contributed by atoms with E-state index in [0.717, 1.165) is 0 Å². The largest absolute Gasteiger partial charge is 0.459 e. The smallest absolute Gasteiger partial charge is 0.374 e. The van der Waals surface area contributed by atoms with Crippen LogP contribution in [0.2, 0.25) is 0 Å². The Morgan fingerprint density at radius 3 is 3.06 bits per heavy atom. The number of likely N-dealkylation sites (tertiary alicyclic amines) is 1. The monoisotopic (exact) mass is 237 g/mol. The summed E-state index contributed by atoms with van der Waals surface area (Å²) in [6.07, 6.45) is 1.88. The second-order valence-corrected chi connectivity index (χ2v) is 4.08. The van der Waals surface area contributed by atoms with Crippen molar-refractivity contribution in [3.05, 3.63) is 24.2 Å². The van der Waals surface area contributed by atoms with E-state index in [2.05, 4.69) is 0 Å². The summed E-state index contributed by atoms with van der Waals surface area (Å²) in [5.74, 6) is -0.0491. The zero-order chi connectivity index (χ0) is 12.3. The van der Waals surface area contributed by atoms with Crippen molar-refractivity contribution in [2.75, 3.05) is 19.7 Å². The van der Waals surface area contributed by atoms with Gasteiger partial charge in [0.2, 0.25) is 11.7 Å². The van der Waals surface area contributed by atoms with Crippen LogP contribution in [0.25, 0.3) is 0 Å². The van der Waals surface area contributed by atoms with Gasteiger partial charge < -0.3 is 14.1 Å². The van der Waals surface area contributed by atoms with Gasteiger partial charge in [-0.1, -0.05) is 0 Å². The third-order valence-corrected chi connectivity index (χ3v) is 2.85. The van der Waals surface area contributed by atoms with Crippen LogP contribution in [0.4, 0.5) is 0 Å². The van der Waals surface area contributed by atoms with E-state index in [0.29, 0.717) is 19.5 Å². The van der Waals surface area contributed by atoms with Gasteiger partial charge in [-0.05, 0) is 19.1 Å². The average molecular weight is 237 g/mol. The number of ether oxygens (including phenoxy) is 1. The quantitative estimate of drug-likeness (QED) is 0.741. The molecule has 1 unspecified atom stereocenters. The lowest BCUT2D eigenvalue weighted by atomic mass is 10.1. The predicted molar refractivity (Wildman–Crippen MR) is 59.4 cm³/mol. The first-order valence-corrected chi connectivity index (χ1v) is 5.69. The Bertz CT molecular complexity index is 399. The van der Waals surface area contributed by atoms with Crippen LogP contribution in [0.1, 0.15) is 23.9 Å². The molecule has 5 nitrogen and oxygen atoms in total. The van der Waals surface area contributed by atoms with Gasteiger partial charge in [-0.3, -0.25) is 4.79 Å². The number of rotatable bonds is 4. The van der Waals surface area contributed by atoms with Gasteiger partial charge >= 0.3 is 5.97 Å². The van der Waals surface area contributed by atoms with Crippen molar-refractivity contribution in [3.8, 4) is 0 Å². The van der Waals surface area contributed by atoms with E-state index < -0.39 is 5.97 Å². The Balaban J connectivity index is 1.80. The van der Waals surface area contributed by atoms with Gasteiger partial charge in [0.05, 0.1) is 12.9 Å². The van der Waals surface area contributed by atoms with E-state index >= 15 is 0 Å². The number of carbonyl (C=O) groups excluding carboxylic acids is 2. The van der Waals surface area contributed by atoms with Crippen molar-refractivity contribution in [1.82, 2.24) is 4.90 Å². The van der Waals surface area contributed by atoms with Crippen LogP contribution in [0.3, 0.4) is 0 Å². The molecular formula is C12H15NO4. The summed E-state index contributed by atoms with van der Waals surface area (Å²) >= 11 is 0. The summed E-state index contributed by atoms with van der Waals surface area (Å²) in [7, 11) is 0. The van der Waals surface area contributed by atoms with Crippen molar-refractivity contribution in [2.24, 2.45) is 5.92 Å². The minimum atomic E-state index is -0.475. The maximum absolute atomic E-state index is 11.5. The topological polar surface area (TPSA) is 59.8 Å². The predicted octanol–water partition coefficient (Wildman–Crippen LogP) is 1.30. The van der Waals surface area contributed by atoms with Gasteiger partial charge in [0.15, 0.2) is 0 Å². The lowest BCUT2D eigenvalue weighted by Crippen LogP contribution is -2.25. The van der Waals surface area contributed by atoms with Crippen molar-refractivity contribution < 1.29 is 18.7 Å². The first-order valence-electron chi connectivity index (χ1n) is 5.69. The van der Waals surface area contributed by atoms with Gasteiger partial charge in [0.25, 0.3) is 0 Å². The molecule has 0 bridgehead atoms. The highest BCUT2D eigenvalue weighted by Gasteiger charge is 2.29. The van der Waals surface area contributed by atoms with Crippen LogP contribution in [-0.4, -0.2) is 36.5 Å². The van der Waals surface area contributed by atoms with Crippen LogP contribution in [0.15, 0.2) is 22.8 Å². The fourth-order valence-electron chi connectivity index (χ4n) is 1.93. The normalized spacial score (nSPS) is 19.7. The molecule has 1 saturated heterocycles. The molecule has 1 fully saturated rings. The second-order valence-electron chi connectivity index (χ2n) is 4.08. The van der Waals surface area contributed by atoms with Crippen LogP contribution in [-0.2, 0) is 9.53 Å². The summed E-state index contributed by atoms with van der Waals surface area (Å²) in [5.41, 5.74) is 0. The molecule has 0 radical (unpaired) electrons. The van der Waals surface area contributed by atoms with Crippen LogP contribution >= 0.6 is 0 Å². The molecule has 0 N–H and O–H groups in total. The van der Waals surface area contributed by atoms with Crippen LogP contribution in [0.5, 0.6) is 0 Å². The number of nitrogens with zero attached hydrogens (tertiary/aromatic N) is 1. The molecule has 5 heteroatoms. The SMILES string of the molecule is CCN1CC(COC(=O)c2ccco2)CC1=O. The lowest BCUT2D eigenvalue weighted by molar-refractivity contribution is -0.127.